The molecule has 2 heterocycles. The molecule has 1 unspecified atom stereocenters. The summed E-state index contributed by atoms with van der Waals surface area (Å²) in [4.78, 5) is 0. The lowest BCUT2D eigenvalue weighted by atomic mass is 10.2. The lowest BCUT2D eigenvalue weighted by Crippen LogP contribution is -2.23. The van der Waals surface area contributed by atoms with Crippen LogP contribution in [0.4, 0.5) is 5.69 Å². The van der Waals surface area contributed by atoms with Crippen LogP contribution in [0.2, 0.25) is 5.02 Å². The van der Waals surface area contributed by atoms with Gasteiger partial charge in [0.15, 0.2) is 0 Å². The maximum absolute atomic E-state index is 10.4. The molecule has 0 saturated carbocycles. The highest BCUT2D eigenvalue weighted by Gasteiger charge is 2.44. The molecule has 114 valence electrons. The first-order valence-corrected chi connectivity index (χ1v) is 9.24. The lowest BCUT2D eigenvalue weighted by molar-refractivity contribution is 0.464. The Balaban J connectivity index is 1.79. The molecular formula is C17H18ClN2OP. The molecule has 1 N–H and O–H groups in total. The Kier molecular flexibility index (Phi) is 3.73. The summed E-state index contributed by atoms with van der Waals surface area (Å²) < 4.78 is 5.01. The zero-order chi connectivity index (χ0) is 15.1. The molecule has 2 atom stereocenters. The molecule has 2 aliphatic heterocycles. The standard InChI is InChI=1S/C17H18ClN2OP/c18-13-8-9-16(21)17(11-13)22-19-10-4-7-15(19)12-20(22)14-5-2-1-3-6-14/h1-3,5-6,8-9,11,15,21H,4,7,10,12H2/t15-,22?/m0/s1. The average Bonchev–Trinajstić information content (AvgIpc) is 3.11. The molecule has 0 bridgehead atoms. The fourth-order valence-electron chi connectivity index (χ4n) is 3.41. The summed E-state index contributed by atoms with van der Waals surface area (Å²) in [6, 6.07) is 16.5. The fourth-order valence-corrected chi connectivity index (χ4v) is 6.53. The van der Waals surface area contributed by atoms with Gasteiger partial charge in [0.05, 0.1) is 5.30 Å². The second-order valence-corrected chi connectivity index (χ2v) is 8.29. The monoisotopic (exact) mass is 332 g/mol. The molecule has 0 radical (unpaired) electrons. The first kappa shape index (κ1) is 14.3. The second kappa shape index (κ2) is 5.73. The lowest BCUT2D eigenvalue weighted by Gasteiger charge is -2.31. The molecular weight excluding hydrogens is 315 g/mol. The minimum atomic E-state index is -0.725. The van der Waals surface area contributed by atoms with Gasteiger partial charge in [-0.25, -0.2) is 0 Å². The number of para-hydroxylation sites is 1. The number of halogens is 1. The molecule has 0 aromatic heterocycles. The van der Waals surface area contributed by atoms with Gasteiger partial charge in [-0.05, 0) is 43.2 Å². The molecule has 0 aliphatic carbocycles. The molecule has 2 aromatic rings. The zero-order valence-corrected chi connectivity index (χ0v) is 13.8. The Hall–Kier alpha value is -1.28. The van der Waals surface area contributed by atoms with Gasteiger partial charge in [0.1, 0.15) is 14.0 Å². The van der Waals surface area contributed by atoms with Crippen molar-refractivity contribution in [3.05, 3.63) is 53.6 Å². The van der Waals surface area contributed by atoms with Gasteiger partial charge in [0, 0.05) is 29.8 Å². The highest BCUT2D eigenvalue weighted by atomic mass is 35.5. The number of nitrogens with zero attached hydrogens (tertiary/aromatic N) is 2. The molecule has 2 fully saturated rings. The third kappa shape index (κ3) is 2.38. The largest absolute Gasteiger partial charge is 0.507 e. The Morgan fingerprint density at radius 2 is 1.95 bits per heavy atom. The SMILES string of the molecule is Oc1ccc(Cl)cc1P1N(c2ccccc2)C[C@@H]2CCCN21. The zero-order valence-electron chi connectivity index (χ0n) is 12.2. The highest BCUT2D eigenvalue weighted by molar-refractivity contribution is 7.65. The van der Waals surface area contributed by atoms with Crippen molar-refractivity contribution in [3.8, 4) is 5.75 Å². The summed E-state index contributed by atoms with van der Waals surface area (Å²) >= 11 is 6.19. The van der Waals surface area contributed by atoms with Crippen LogP contribution < -0.4 is 9.97 Å². The molecule has 3 nitrogen and oxygen atoms in total. The number of aromatic hydroxyl groups is 1. The van der Waals surface area contributed by atoms with E-state index in [-0.39, 0.29) is 0 Å². The van der Waals surface area contributed by atoms with Crippen molar-refractivity contribution < 1.29 is 5.11 Å². The van der Waals surface area contributed by atoms with E-state index in [1.165, 1.54) is 18.5 Å². The van der Waals surface area contributed by atoms with Crippen LogP contribution in [-0.4, -0.2) is 28.9 Å². The van der Waals surface area contributed by atoms with Gasteiger partial charge in [-0.1, -0.05) is 29.8 Å². The topological polar surface area (TPSA) is 26.7 Å². The maximum Gasteiger partial charge on any atom is 0.126 e. The number of rotatable bonds is 2. The predicted molar refractivity (Wildman–Crippen MR) is 93.2 cm³/mol. The van der Waals surface area contributed by atoms with Gasteiger partial charge in [0.25, 0.3) is 0 Å². The van der Waals surface area contributed by atoms with Crippen molar-refractivity contribution in [3.63, 3.8) is 0 Å². The predicted octanol–water partition coefficient (Wildman–Crippen LogP) is 3.97. The van der Waals surface area contributed by atoms with Crippen molar-refractivity contribution in [2.75, 3.05) is 17.8 Å². The smallest absolute Gasteiger partial charge is 0.126 e. The van der Waals surface area contributed by atoms with Gasteiger partial charge in [-0.3, -0.25) is 4.67 Å². The minimum Gasteiger partial charge on any atom is -0.507 e. The van der Waals surface area contributed by atoms with Crippen LogP contribution in [0, 0.1) is 0 Å². The van der Waals surface area contributed by atoms with Gasteiger partial charge < -0.3 is 9.78 Å². The number of hydrogen-bond acceptors (Lipinski definition) is 3. The van der Waals surface area contributed by atoms with E-state index in [1.807, 2.05) is 12.1 Å². The molecule has 4 rings (SSSR count). The van der Waals surface area contributed by atoms with Crippen molar-refractivity contribution >= 4 is 30.8 Å². The molecule has 2 aliphatic rings. The van der Waals surface area contributed by atoms with Crippen molar-refractivity contribution in [2.45, 2.75) is 18.9 Å². The first-order valence-electron chi connectivity index (χ1n) is 7.62. The van der Waals surface area contributed by atoms with Crippen LogP contribution in [0.15, 0.2) is 48.5 Å². The number of benzene rings is 2. The minimum absolute atomic E-state index is 0.351. The molecule has 2 aromatic carbocycles. The molecule has 0 amide bonds. The summed E-state index contributed by atoms with van der Waals surface area (Å²) in [5.41, 5.74) is 1.22. The Morgan fingerprint density at radius 3 is 2.77 bits per heavy atom. The second-order valence-electron chi connectivity index (χ2n) is 5.80. The van der Waals surface area contributed by atoms with E-state index >= 15 is 0 Å². The van der Waals surface area contributed by atoms with E-state index in [0.717, 1.165) is 18.4 Å². The summed E-state index contributed by atoms with van der Waals surface area (Å²) in [6.45, 7) is 2.13. The van der Waals surface area contributed by atoms with Gasteiger partial charge >= 0.3 is 0 Å². The van der Waals surface area contributed by atoms with E-state index < -0.39 is 8.22 Å². The summed E-state index contributed by atoms with van der Waals surface area (Å²) in [5.74, 6) is 0.351. The summed E-state index contributed by atoms with van der Waals surface area (Å²) in [6.07, 6.45) is 2.48. The third-order valence-corrected chi connectivity index (χ3v) is 7.30. The van der Waals surface area contributed by atoms with Crippen molar-refractivity contribution in [1.29, 1.82) is 0 Å². The van der Waals surface area contributed by atoms with E-state index in [2.05, 4.69) is 33.6 Å². The Bertz CT molecular complexity index is 682. The number of phenolic OH excluding ortho intramolecular Hbond substituents is 1. The molecule has 2 saturated heterocycles. The Morgan fingerprint density at radius 1 is 1.14 bits per heavy atom. The quantitative estimate of drug-likeness (QED) is 0.843. The van der Waals surface area contributed by atoms with Gasteiger partial charge in [-0.15, -0.1) is 0 Å². The summed E-state index contributed by atoms with van der Waals surface area (Å²) in [5, 5.41) is 12.0. The number of anilines is 1. The van der Waals surface area contributed by atoms with Crippen LogP contribution in [0.25, 0.3) is 0 Å². The average molecular weight is 333 g/mol. The highest BCUT2D eigenvalue weighted by Crippen LogP contribution is 2.56. The summed E-state index contributed by atoms with van der Waals surface area (Å²) in [7, 11) is -0.725. The number of phenols is 1. The fraction of sp³-hybridized carbons (Fsp3) is 0.294. The molecule has 22 heavy (non-hydrogen) atoms. The van der Waals surface area contributed by atoms with E-state index in [0.29, 0.717) is 16.8 Å². The third-order valence-electron chi connectivity index (χ3n) is 4.41. The number of hydrogen-bond donors (Lipinski definition) is 1. The van der Waals surface area contributed by atoms with Crippen LogP contribution in [-0.2, 0) is 0 Å². The van der Waals surface area contributed by atoms with Crippen LogP contribution in [0.1, 0.15) is 12.8 Å². The van der Waals surface area contributed by atoms with Gasteiger partial charge in [0.2, 0.25) is 0 Å². The van der Waals surface area contributed by atoms with E-state index in [9.17, 15) is 5.11 Å². The first-order chi connectivity index (χ1) is 10.7. The Labute approximate surface area is 137 Å². The van der Waals surface area contributed by atoms with Crippen LogP contribution in [0.5, 0.6) is 5.75 Å². The van der Waals surface area contributed by atoms with E-state index in [4.69, 9.17) is 11.6 Å². The van der Waals surface area contributed by atoms with Gasteiger partial charge in [-0.2, -0.15) is 0 Å². The van der Waals surface area contributed by atoms with Crippen LogP contribution >= 0.6 is 19.8 Å². The maximum atomic E-state index is 10.4. The molecule has 5 heteroatoms. The van der Waals surface area contributed by atoms with Crippen molar-refractivity contribution in [1.82, 2.24) is 4.67 Å². The van der Waals surface area contributed by atoms with E-state index in [1.54, 1.807) is 12.1 Å². The normalized spacial score (nSPS) is 24.7. The van der Waals surface area contributed by atoms with Crippen LogP contribution in [0.3, 0.4) is 0 Å². The van der Waals surface area contributed by atoms with Crippen molar-refractivity contribution in [2.24, 2.45) is 0 Å². The number of fused-ring (bicyclic) bond motifs is 1. The molecule has 0 spiro atoms.